The summed E-state index contributed by atoms with van der Waals surface area (Å²) in [7, 11) is 4.52. The minimum atomic E-state index is -0.827. The highest BCUT2D eigenvalue weighted by Crippen LogP contribution is 2.06. The van der Waals surface area contributed by atoms with E-state index in [4.69, 9.17) is 14.2 Å². The van der Waals surface area contributed by atoms with Crippen molar-refractivity contribution in [2.45, 2.75) is 25.7 Å². The lowest BCUT2D eigenvalue weighted by atomic mass is 10.1. The minimum Gasteiger partial charge on any atom is -0.369 e. The van der Waals surface area contributed by atoms with E-state index in [1.54, 1.807) is 13.8 Å². The first kappa shape index (κ1) is 13.4. The summed E-state index contributed by atoms with van der Waals surface area (Å²) in [6, 6.07) is 0. The van der Waals surface area contributed by atoms with Gasteiger partial charge in [0, 0.05) is 21.3 Å². The van der Waals surface area contributed by atoms with Crippen LogP contribution in [-0.4, -0.2) is 45.7 Å². The summed E-state index contributed by atoms with van der Waals surface area (Å²) in [5.41, 5.74) is -0.827. The van der Waals surface area contributed by atoms with E-state index < -0.39 is 11.9 Å². The number of hydrogen-bond acceptors (Lipinski definition) is 4. The Morgan fingerprint density at radius 2 is 1.79 bits per heavy atom. The van der Waals surface area contributed by atoms with E-state index in [9.17, 15) is 4.79 Å². The first-order valence-corrected chi connectivity index (χ1v) is 4.37. The Kier molecular flexibility index (Phi) is 5.68. The fourth-order valence-corrected chi connectivity index (χ4v) is 0.744. The molecule has 0 radical (unpaired) electrons. The van der Waals surface area contributed by atoms with Crippen molar-refractivity contribution in [3.63, 3.8) is 0 Å². The van der Waals surface area contributed by atoms with Crippen LogP contribution in [0, 0.1) is 0 Å². The molecule has 1 amide bonds. The SMILES string of the molecule is COC(CNC(=O)C(C)(C)OC)OC. The molecule has 0 aromatic rings. The Labute approximate surface area is 84.7 Å². The summed E-state index contributed by atoms with van der Waals surface area (Å²) in [5.74, 6) is -0.195. The standard InChI is InChI=1S/C9H19NO4/c1-9(2,14-5)8(11)10-6-7(12-3)13-4/h7H,6H2,1-5H3,(H,10,11). The van der Waals surface area contributed by atoms with Crippen molar-refractivity contribution in [2.24, 2.45) is 0 Å². The number of nitrogens with one attached hydrogen (secondary N) is 1. The zero-order chi connectivity index (χ0) is 11.2. The molecule has 14 heavy (non-hydrogen) atoms. The maximum atomic E-state index is 11.5. The van der Waals surface area contributed by atoms with Gasteiger partial charge in [0.1, 0.15) is 5.60 Å². The summed E-state index contributed by atoms with van der Waals surface area (Å²) >= 11 is 0. The maximum Gasteiger partial charge on any atom is 0.251 e. The zero-order valence-electron chi connectivity index (χ0n) is 9.42. The largest absolute Gasteiger partial charge is 0.369 e. The Balaban J connectivity index is 3.95. The molecule has 0 saturated heterocycles. The topological polar surface area (TPSA) is 56.8 Å². The number of amides is 1. The van der Waals surface area contributed by atoms with Crippen molar-refractivity contribution in [1.82, 2.24) is 5.32 Å². The van der Waals surface area contributed by atoms with E-state index in [1.807, 2.05) is 0 Å². The molecular weight excluding hydrogens is 186 g/mol. The second-order valence-electron chi connectivity index (χ2n) is 3.33. The fourth-order valence-electron chi connectivity index (χ4n) is 0.744. The molecule has 84 valence electrons. The van der Waals surface area contributed by atoms with Crippen LogP contribution in [0.3, 0.4) is 0 Å². The van der Waals surface area contributed by atoms with Crippen molar-refractivity contribution >= 4 is 5.91 Å². The summed E-state index contributed by atoms with van der Waals surface area (Å²) in [6.07, 6.45) is -0.424. The van der Waals surface area contributed by atoms with Crippen molar-refractivity contribution in [3.8, 4) is 0 Å². The smallest absolute Gasteiger partial charge is 0.251 e. The molecule has 0 saturated carbocycles. The minimum absolute atomic E-state index is 0.195. The quantitative estimate of drug-likeness (QED) is 0.627. The van der Waals surface area contributed by atoms with Gasteiger partial charge in [-0.2, -0.15) is 0 Å². The maximum absolute atomic E-state index is 11.5. The molecule has 0 unspecified atom stereocenters. The van der Waals surface area contributed by atoms with Gasteiger partial charge in [-0.15, -0.1) is 0 Å². The summed E-state index contributed by atoms with van der Waals surface area (Å²) in [6.45, 7) is 3.69. The third-order valence-electron chi connectivity index (χ3n) is 2.01. The summed E-state index contributed by atoms with van der Waals surface area (Å²) in [4.78, 5) is 11.5. The molecule has 0 rings (SSSR count). The van der Waals surface area contributed by atoms with Crippen LogP contribution in [0.15, 0.2) is 0 Å². The van der Waals surface area contributed by atoms with Crippen LogP contribution < -0.4 is 5.32 Å². The van der Waals surface area contributed by atoms with Crippen LogP contribution in [0.4, 0.5) is 0 Å². The van der Waals surface area contributed by atoms with E-state index in [-0.39, 0.29) is 5.91 Å². The van der Waals surface area contributed by atoms with E-state index in [0.717, 1.165) is 0 Å². The normalized spacial score (nSPS) is 11.9. The highest BCUT2D eigenvalue weighted by Gasteiger charge is 2.27. The molecule has 0 heterocycles. The van der Waals surface area contributed by atoms with Crippen LogP contribution in [-0.2, 0) is 19.0 Å². The number of hydrogen-bond donors (Lipinski definition) is 1. The predicted octanol–water partition coefficient (Wildman–Crippen LogP) is 0.146. The van der Waals surface area contributed by atoms with Gasteiger partial charge in [-0.25, -0.2) is 0 Å². The molecule has 1 N–H and O–H groups in total. The molecule has 0 spiro atoms. The first-order chi connectivity index (χ1) is 6.47. The van der Waals surface area contributed by atoms with Gasteiger partial charge in [0.15, 0.2) is 6.29 Å². The van der Waals surface area contributed by atoms with E-state index in [2.05, 4.69) is 5.32 Å². The molecule has 0 bridgehead atoms. The van der Waals surface area contributed by atoms with Crippen LogP contribution in [0.2, 0.25) is 0 Å². The molecule has 5 heteroatoms. The van der Waals surface area contributed by atoms with E-state index >= 15 is 0 Å². The Morgan fingerprint density at radius 1 is 1.29 bits per heavy atom. The monoisotopic (exact) mass is 205 g/mol. The van der Waals surface area contributed by atoms with Gasteiger partial charge in [-0.1, -0.05) is 0 Å². The van der Waals surface area contributed by atoms with Crippen LogP contribution in [0.1, 0.15) is 13.8 Å². The van der Waals surface area contributed by atoms with Gasteiger partial charge in [0.05, 0.1) is 6.54 Å². The number of methoxy groups -OCH3 is 3. The van der Waals surface area contributed by atoms with E-state index in [1.165, 1.54) is 21.3 Å². The second-order valence-corrected chi connectivity index (χ2v) is 3.33. The first-order valence-electron chi connectivity index (χ1n) is 4.37. The van der Waals surface area contributed by atoms with Crippen LogP contribution >= 0.6 is 0 Å². The fraction of sp³-hybridized carbons (Fsp3) is 0.889. The molecule has 0 aromatic heterocycles. The second kappa shape index (κ2) is 5.95. The lowest BCUT2D eigenvalue weighted by molar-refractivity contribution is -0.144. The lowest BCUT2D eigenvalue weighted by Gasteiger charge is -2.23. The molecular formula is C9H19NO4. The van der Waals surface area contributed by atoms with Crippen LogP contribution in [0.5, 0.6) is 0 Å². The third kappa shape index (κ3) is 4.04. The van der Waals surface area contributed by atoms with Crippen LogP contribution in [0.25, 0.3) is 0 Å². The number of ether oxygens (including phenoxy) is 3. The van der Waals surface area contributed by atoms with E-state index in [0.29, 0.717) is 6.54 Å². The molecule has 5 nitrogen and oxygen atoms in total. The number of carbonyl (C=O) groups is 1. The van der Waals surface area contributed by atoms with Gasteiger partial charge < -0.3 is 19.5 Å². The molecule has 0 aromatic carbocycles. The molecule has 0 atom stereocenters. The van der Waals surface area contributed by atoms with Crippen molar-refractivity contribution in [1.29, 1.82) is 0 Å². The average molecular weight is 205 g/mol. The molecule has 0 aliphatic rings. The van der Waals surface area contributed by atoms with Crippen molar-refractivity contribution in [3.05, 3.63) is 0 Å². The van der Waals surface area contributed by atoms with Gasteiger partial charge in [-0.05, 0) is 13.8 Å². The highest BCUT2D eigenvalue weighted by atomic mass is 16.7. The van der Waals surface area contributed by atoms with Crippen molar-refractivity contribution < 1.29 is 19.0 Å². The Hall–Kier alpha value is -0.650. The Bertz CT molecular complexity index is 178. The summed E-state index contributed by atoms with van der Waals surface area (Å²) < 4.78 is 14.8. The summed E-state index contributed by atoms with van der Waals surface area (Å²) in [5, 5.41) is 2.66. The number of rotatable bonds is 6. The molecule has 0 aliphatic carbocycles. The molecule has 0 aliphatic heterocycles. The van der Waals surface area contributed by atoms with Gasteiger partial charge in [0.2, 0.25) is 0 Å². The zero-order valence-corrected chi connectivity index (χ0v) is 9.42. The average Bonchev–Trinajstić information content (AvgIpc) is 2.19. The highest BCUT2D eigenvalue weighted by molar-refractivity contribution is 5.84. The number of carbonyl (C=O) groups excluding carboxylic acids is 1. The van der Waals surface area contributed by atoms with Crippen molar-refractivity contribution in [2.75, 3.05) is 27.9 Å². The third-order valence-corrected chi connectivity index (χ3v) is 2.01. The lowest BCUT2D eigenvalue weighted by Crippen LogP contribution is -2.46. The van der Waals surface area contributed by atoms with Gasteiger partial charge in [-0.3, -0.25) is 4.79 Å². The van der Waals surface area contributed by atoms with Gasteiger partial charge in [0.25, 0.3) is 5.91 Å². The Morgan fingerprint density at radius 3 is 2.14 bits per heavy atom. The molecule has 0 fully saturated rings. The van der Waals surface area contributed by atoms with Gasteiger partial charge >= 0.3 is 0 Å². The predicted molar refractivity (Wildman–Crippen MR) is 51.9 cm³/mol.